The van der Waals surface area contributed by atoms with Crippen molar-refractivity contribution in [1.82, 2.24) is 14.7 Å². The number of nitrogens with one attached hydrogen (secondary N) is 1. The SMILES string of the molecule is CCN(Cc1cnn(CC)c1)C(=O)Nc1ccc2c(c1)Cc1ccccc1-2. The van der Waals surface area contributed by atoms with E-state index in [2.05, 4.69) is 46.8 Å². The maximum atomic E-state index is 12.7. The average Bonchev–Trinajstić information content (AvgIpc) is 3.29. The van der Waals surface area contributed by atoms with Gasteiger partial charge in [0.05, 0.1) is 12.7 Å². The lowest BCUT2D eigenvalue weighted by atomic mass is 10.1. The van der Waals surface area contributed by atoms with E-state index in [0.29, 0.717) is 13.1 Å². The zero-order chi connectivity index (χ0) is 18.8. The smallest absolute Gasteiger partial charge is 0.320 e. The van der Waals surface area contributed by atoms with E-state index in [1.54, 1.807) is 4.90 Å². The standard InChI is InChI=1S/C22H24N4O/c1-3-25(14-16-13-23-26(4-2)15-16)22(27)24-19-9-10-21-18(12-19)11-17-7-5-6-8-20(17)21/h5-10,12-13,15H,3-4,11,14H2,1-2H3,(H,24,27). The third kappa shape index (κ3) is 3.45. The lowest BCUT2D eigenvalue weighted by Crippen LogP contribution is -2.34. The van der Waals surface area contributed by atoms with Gasteiger partial charge in [-0.25, -0.2) is 4.79 Å². The number of fused-ring (bicyclic) bond motifs is 3. The van der Waals surface area contributed by atoms with Crippen molar-refractivity contribution in [2.75, 3.05) is 11.9 Å². The molecule has 0 aliphatic heterocycles. The Morgan fingerprint density at radius 3 is 2.74 bits per heavy atom. The number of anilines is 1. The van der Waals surface area contributed by atoms with Crippen LogP contribution in [0.4, 0.5) is 10.5 Å². The molecule has 1 aliphatic rings. The van der Waals surface area contributed by atoms with Crippen molar-refractivity contribution in [3.05, 3.63) is 71.5 Å². The van der Waals surface area contributed by atoms with Gasteiger partial charge in [-0.15, -0.1) is 0 Å². The van der Waals surface area contributed by atoms with Crippen LogP contribution in [0.15, 0.2) is 54.9 Å². The maximum Gasteiger partial charge on any atom is 0.322 e. The predicted molar refractivity (Wildman–Crippen MR) is 108 cm³/mol. The molecule has 4 rings (SSSR count). The zero-order valence-electron chi connectivity index (χ0n) is 15.8. The lowest BCUT2D eigenvalue weighted by molar-refractivity contribution is 0.212. The van der Waals surface area contributed by atoms with Crippen LogP contribution < -0.4 is 5.32 Å². The minimum absolute atomic E-state index is 0.0859. The highest BCUT2D eigenvalue weighted by molar-refractivity contribution is 5.90. The number of urea groups is 1. The molecule has 5 heteroatoms. The van der Waals surface area contributed by atoms with Crippen molar-refractivity contribution in [2.24, 2.45) is 0 Å². The van der Waals surface area contributed by atoms with Gasteiger partial charge in [0, 0.05) is 30.5 Å². The molecule has 0 spiro atoms. The van der Waals surface area contributed by atoms with Crippen LogP contribution in [0.5, 0.6) is 0 Å². The second kappa shape index (κ2) is 7.27. The largest absolute Gasteiger partial charge is 0.322 e. The highest BCUT2D eigenvalue weighted by Gasteiger charge is 2.19. The van der Waals surface area contributed by atoms with Gasteiger partial charge in [-0.3, -0.25) is 4.68 Å². The molecule has 1 aliphatic carbocycles. The van der Waals surface area contributed by atoms with Gasteiger partial charge in [0.25, 0.3) is 0 Å². The Balaban J connectivity index is 1.47. The van der Waals surface area contributed by atoms with Crippen LogP contribution in [0.3, 0.4) is 0 Å². The fourth-order valence-electron chi connectivity index (χ4n) is 3.63. The van der Waals surface area contributed by atoms with Gasteiger partial charge in [0.15, 0.2) is 0 Å². The van der Waals surface area contributed by atoms with Crippen LogP contribution >= 0.6 is 0 Å². The molecule has 0 saturated heterocycles. The highest BCUT2D eigenvalue weighted by Crippen LogP contribution is 2.37. The van der Waals surface area contributed by atoms with E-state index in [1.165, 1.54) is 22.3 Å². The molecule has 27 heavy (non-hydrogen) atoms. The Morgan fingerprint density at radius 1 is 1.15 bits per heavy atom. The summed E-state index contributed by atoms with van der Waals surface area (Å²) in [4.78, 5) is 14.5. The summed E-state index contributed by atoms with van der Waals surface area (Å²) in [7, 11) is 0. The molecule has 5 nitrogen and oxygen atoms in total. The number of hydrogen-bond donors (Lipinski definition) is 1. The normalized spacial score (nSPS) is 11.8. The summed E-state index contributed by atoms with van der Waals surface area (Å²) in [6, 6.07) is 14.6. The minimum atomic E-state index is -0.0859. The molecule has 0 saturated carbocycles. The molecule has 2 amide bonds. The number of amides is 2. The summed E-state index contributed by atoms with van der Waals surface area (Å²) in [6.07, 6.45) is 4.73. The summed E-state index contributed by atoms with van der Waals surface area (Å²) in [5.74, 6) is 0. The fraction of sp³-hybridized carbons (Fsp3) is 0.273. The molecule has 2 aromatic carbocycles. The Morgan fingerprint density at radius 2 is 1.96 bits per heavy atom. The van der Waals surface area contributed by atoms with Gasteiger partial charge in [-0.2, -0.15) is 5.10 Å². The molecule has 1 N–H and O–H groups in total. The first-order valence-corrected chi connectivity index (χ1v) is 9.46. The van der Waals surface area contributed by atoms with E-state index >= 15 is 0 Å². The van der Waals surface area contributed by atoms with Gasteiger partial charge in [0.1, 0.15) is 0 Å². The second-order valence-corrected chi connectivity index (χ2v) is 6.85. The fourth-order valence-corrected chi connectivity index (χ4v) is 3.63. The van der Waals surface area contributed by atoms with Crippen LogP contribution in [0.2, 0.25) is 0 Å². The Hall–Kier alpha value is -3.08. The maximum absolute atomic E-state index is 12.7. The number of aromatic nitrogens is 2. The van der Waals surface area contributed by atoms with Crippen LogP contribution in [-0.2, 0) is 19.5 Å². The molecular weight excluding hydrogens is 336 g/mol. The van der Waals surface area contributed by atoms with E-state index in [4.69, 9.17) is 0 Å². The first kappa shape index (κ1) is 17.3. The van der Waals surface area contributed by atoms with Gasteiger partial charge in [0.2, 0.25) is 0 Å². The molecule has 1 aromatic heterocycles. The topological polar surface area (TPSA) is 50.2 Å². The molecule has 0 fully saturated rings. The summed E-state index contributed by atoms with van der Waals surface area (Å²) in [5.41, 5.74) is 7.06. The second-order valence-electron chi connectivity index (χ2n) is 6.85. The van der Waals surface area contributed by atoms with Crippen LogP contribution in [0, 0.1) is 0 Å². The molecule has 0 radical (unpaired) electrons. The number of benzene rings is 2. The number of carbonyl (C=O) groups excluding carboxylic acids is 1. The molecular formula is C22H24N4O. The van der Waals surface area contributed by atoms with E-state index < -0.39 is 0 Å². The Kier molecular flexibility index (Phi) is 4.67. The highest BCUT2D eigenvalue weighted by atomic mass is 16.2. The van der Waals surface area contributed by atoms with E-state index in [-0.39, 0.29) is 6.03 Å². The summed E-state index contributed by atoms with van der Waals surface area (Å²) >= 11 is 0. The lowest BCUT2D eigenvalue weighted by Gasteiger charge is -2.21. The number of hydrogen-bond acceptors (Lipinski definition) is 2. The van der Waals surface area contributed by atoms with Crippen molar-refractivity contribution >= 4 is 11.7 Å². The van der Waals surface area contributed by atoms with Gasteiger partial charge >= 0.3 is 6.03 Å². The third-order valence-corrected chi connectivity index (χ3v) is 5.10. The monoisotopic (exact) mass is 360 g/mol. The van der Waals surface area contributed by atoms with Crippen molar-refractivity contribution in [2.45, 2.75) is 33.4 Å². The van der Waals surface area contributed by atoms with Gasteiger partial charge in [-0.1, -0.05) is 30.3 Å². The molecule has 0 unspecified atom stereocenters. The minimum Gasteiger partial charge on any atom is -0.320 e. The van der Waals surface area contributed by atoms with Gasteiger partial charge in [-0.05, 0) is 54.7 Å². The predicted octanol–water partition coefficient (Wildman–Crippen LogP) is 4.53. The Bertz CT molecular complexity index is 976. The number of nitrogens with zero attached hydrogens (tertiary/aromatic N) is 3. The van der Waals surface area contributed by atoms with Crippen LogP contribution in [-0.4, -0.2) is 27.3 Å². The summed E-state index contributed by atoms with van der Waals surface area (Å²) < 4.78 is 1.87. The first-order chi connectivity index (χ1) is 13.2. The number of rotatable bonds is 5. The van der Waals surface area contributed by atoms with Crippen LogP contribution in [0.1, 0.15) is 30.5 Å². The van der Waals surface area contributed by atoms with Crippen molar-refractivity contribution < 1.29 is 4.79 Å². The summed E-state index contributed by atoms with van der Waals surface area (Å²) in [6.45, 7) is 6.06. The molecule has 3 aromatic rings. The van der Waals surface area contributed by atoms with Crippen molar-refractivity contribution in [3.8, 4) is 11.1 Å². The molecule has 0 bridgehead atoms. The van der Waals surface area contributed by atoms with E-state index in [1.807, 2.05) is 37.0 Å². The zero-order valence-corrected chi connectivity index (χ0v) is 15.8. The Labute approximate surface area is 159 Å². The number of carbonyl (C=O) groups is 1. The molecule has 0 atom stereocenters. The molecule has 138 valence electrons. The molecule has 1 heterocycles. The third-order valence-electron chi connectivity index (χ3n) is 5.10. The average molecular weight is 360 g/mol. The van der Waals surface area contributed by atoms with E-state index in [0.717, 1.165) is 24.2 Å². The summed E-state index contributed by atoms with van der Waals surface area (Å²) in [5, 5.41) is 7.33. The van der Waals surface area contributed by atoms with Crippen molar-refractivity contribution in [1.29, 1.82) is 0 Å². The van der Waals surface area contributed by atoms with E-state index in [9.17, 15) is 4.79 Å². The quantitative estimate of drug-likeness (QED) is 0.568. The van der Waals surface area contributed by atoms with Gasteiger partial charge < -0.3 is 10.2 Å². The van der Waals surface area contributed by atoms with Crippen LogP contribution in [0.25, 0.3) is 11.1 Å². The number of aryl methyl sites for hydroxylation is 1. The van der Waals surface area contributed by atoms with Crippen molar-refractivity contribution in [3.63, 3.8) is 0 Å². The first-order valence-electron chi connectivity index (χ1n) is 9.46.